The molecule has 0 aliphatic rings. The Bertz CT molecular complexity index is 118. The molecule has 0 bridgehead atoms. The molecule has 3 nitrogen and oxygen atoms in total. The van der Waals surface area contributed by atoms with Crippen LogP contribution in [0.1, 0.15) is 27.2 Å². The molecule has 0 aromatic heterocycles. The van der Waals surface area contributed by atoms with E-state index in [0.717, 1.165) is 13.2 Å². The van der Waals surface area contributed by atoms with Gasteiger partial charge in [0.2, 0.25) is 0 Å². The van der Waals surface area contributed by atoms with Crippen LogP contribution in [0.3, 0.4) is 0 Å². The van der Waals surface area contributed by atoms with Crippen LogP contribution in [0, 0.1) is 5.92 Å². The van der Waals surface area contributed by atoms with E-state index in [9.17, 15) is 0 Å². The molecule has 0 rings (SSSR count). The van der Waals surface area contributed by atoms with Gasteiger partial charge in [-0.2, -0.15) is 0 Å². The van der Waals surface area contributed by atoms with E-state index in [2.05, 4.69) is 26.1 Å². The van der Waals surface area contributed by atoms with Crippen molar-refractivity contribution in [1.29, 1.82) is 0 Å². The van der Waals surface area contributed by atoms with Crippen molar-refractivity contribution >= 4 is 0 Å². The maximum Gasteiger partial charge on any atom is 0.0701 e. The zero-order valence-electron chi connectivity index (χ0n) is 10.0. The summed E-state index contributed by atoms with van der Waals surface area (Å²) in [4.78, 5) is 0. The van der Waals surface area contributed by atoms with Crippen molar-refractivity contribution in [3.8, 4) is 0 Å². The Morgan fingerprint density at radius 2 is 1.93 bits per heavy atom. The lowest BCUT2D eigenvalue weighted by Gasteiger charge is -2.22. The van der Waals surface area contributed by atoms with Gasteiger partial charge >= 0.3 is 0 Å². The molecule has 1 N–H and O–H groups in total. The second-order valence-corrected chi connectivity index (χ2v) is 3.87. The SMILES string of the molecule is CCCNC(COCCOC)C(C)C. The van der Waals surface area contributed by atoms with Crippen molar-refractivity contribution in [2.75, 3.05) is 33.5 Å². The van der Waals surface area contributed by atoms with Gasteiger partial charge in [-0.3, -0.25) is 0 Å². The summed E-state index contributed by atoms with van der Waals surface area (Å²) in [5.74, 6) is 0.615. The molecule has 3 heteroatoms. The molecule has 0 aromatic carbocycles. The largest absolute Gasteiger partial charge is 0.382 e. The topological polar surface area (TPSA) is 30.5 Å². The van der Waals surface area contributed by atoms with E-state index in [1.807, 2.05) is 0 Å². The molecule has 0 heterocycles. The molecule has 1 unspecified atom stereocenters. The molecule has 0 saturated carbocycles. The molecule has 86 valence electrons. The monoisotopic (exact) mass is 203 g/mol. The molecule has 0 aliphatic heterocycles. The van der Waals surface area contributed by atoms with Crippen LogP contribution in [0.15, 0.2) is 0 Å². The third kappa shape index (κ3) is 7.30. The number of nitrogens with one attached hydrogen (secondary N) is 1. The van der Waals surface area contributed by atoms with Crippen LogP contribution in [0.4, 0.5) is 0 Å². The molecule has 0 fully saturated rings. The molecule has 0 spiro atoms. The van der Waals surface area contributed by atoms with E-state index in [1.165, 1.54) is 6.42 Å². The molecule has 14 heavy (non-hydrogen) atoms. The molecule has 0 saturated heterocycles. The second kappa shape index (κ2) is 9.44. The summed E-state index contributed by atoms with van der Waals surface area (Å²) >= 11 is 0. The first-order valence-corrected chi connectivity index (χ1v) is 5.52. The number of hydrogen-bond acceptors (Lipinski definition) is 3. The summed E-state index contributed by atoms with van der Waals surface area (Å²) < 4.78 is 10.4. The number of methoxy groups -OCH3 is 1. The van der Waals surface area contributed by atoms with Gasteiger partial charge < -0.3 is 14.8 Å². The molecular formula is C11H25NO2. The van der Waals surface area contributed by atoms with Crippen molar-refractivity contribution < 1.29 is 9.47 Å². The van der Waals surface area contributed by atoms with Crippen LogP contribution in [-0.4, -0.2) is 39.5 Å². The normalized spacial score (nSPS) is 13.5. The van der Waals surface area contributed by atoms with Crippen molar-refractivity contribution in [3.63, 3.8) is 0 Å². The van der Waals surface area contributed by atoms with E-state index < -0.39 is 0 Å². The number of ether oxygens (including phenoxy) is 2. The summed E-state index contributed by atoms with van der Waals surface area (Å²) in [6, 6.07) is 0.465. The molecular weight excluding hydrogens is 178 g/mol. The minimum atomic E-state index is 0.465. The summed E-state index contributed by atoms with van der Waals surface area (Å²) in [6.07, 6.45) is 1.17. The maximum absolute atomic E-state index is 5.51. The third-order valence-corrected chi connectivity index (χ3v) is 2.19. The fourth-order valence-corrected chi connectivity index (χ4v) is 1.17. The molecule has 0 radical (unpaired) electrons. The van der Waals surface area contributed by atoms with Gasteiger partial charge in [-0.25, -0.2) is 0 Å². The average molecular weight is 203 g/mol. The highest BCUT2D eigenvalue weighted by Crippen LogP contribution is 2.02. The Labute approximate surface area is 88.2 Å². The van der Waals surface area contributed by atoms with Gasteiger partial charge in [-0.1, -0.05) is 20.8 Å². The van der Waals surface area contributed by atoms with Gasteiger partial charge in [0.05, 0.1) is 19.8 Å². The van der Waals surface area contributed by atoms with Crippen LogP contribution < -0.4 is 5.32 Å². The minimum Gasteiger partial charge on any atom is -0.382 e. The van der Waals surface area contributed by atoms with Crippen molar-refractivity contribution in [2.24, 2.45) is 5.92 Å². The average Bonchev–Trinajstić information content (AvgIpc) is 2.16. The molecule has 0 aromatic rings. The quantitative estimate of drug-likeness (QED) is 0.578. The van der Waals surface area contributed by atoms with Gasteiger partial charge in [0.15, 0.2) is 0 Å². The number of hydrogen-bond donors (Lipinski definition) is 1. The first-order valence-electron chi connectivity index (χ1n) is 5.52. The molecule has 0 amide bonds. The Hall–Kier alpha value is -0.120. The Morgan fingerprint density at radius 3 is 2.43 bits per heavy atom. The summed E-state index contributed by atoms with van der Waals surface area (Å²) in [5.41, 5.74) is 0. The minimum absolute atomic E-state index is 0.465. The van der Waals surface area contributed by atoms with Crippen LogP contribution in [0.2, 0.25) is 0 Å². The van der Waals surface area contributed by atoms with Crippen molar-refractivity contribution in [2.45, 2.75) is 33.2 Å². The standard InChI is InChI=1S/C11H25NO2/c1-5-6-12-11(10(2)3)9-14-8-7-13-4/h10-12H,5-9H2,1-4H3. The van der Waals surface area contributed by atoms with Crippen molar-refractivity contribution in [3.05, 3.63) is 0 Å². The van der Waals surface area contributed by atoms with Gasteiger partial charge in [-0.15, -0.1) is 0 Å². The fourth-order valence-electron chi connectivity index (χ4n) is 1.17. The summed E-state index contributed by atoms with van der Waals surface area (Å²) in [7, 11) is 1.69. The van der Waals surface area contributed by atoms with E-state index in [1.54, 1.807) is 7.11 Å². The lowest BCUT2D eigenvalue weighted by atomic mass is 10.1. The first kappa shape index (κ1) is 13.9. The number of rotatable bonds is 9. The van der Waals surface area contributed by atoms with Crippen LogP contribution >= 0.6 is 0 Å². The molecule has 0 aliphatic carbocycles. The highest BCUT2D eigenvalue weighted by atomic mass is 16.5. The van der Waals surface area contributed by atoms with Crippen LogP contribution in [0.25, 0.3) is 0 Å². The first-order chi connectivity index (χ1) is 6.72. The maximum atomic E-state index is 5.51. The summed E-state index contributed by atoms with van der Waals surface area (Å²) in [6.45, 7) is 9.82. The Kier molecular flexibility index (Phi) is 9.35. The zero-order chi connectivity index (χ0) is 10.8. The van der Waals surface area contributed by atoms with E-state index in [4.69, 9.17) is 9.47 Å². The highest BCUT2D eigenvalue weighted by Gasteiger charge is 2.11. The van der Waals surface area contributed by atoms with Gasteiger partial charge in [0, 0.05) is 13.2 Å². The van der Waals surface area contributed by atoms with Crippen LogP contribution in [-0.2, 0) is 9.47 Å². The van der Waals surface area contributed by atoms with Crippen molar-refractivity contribution in [1.82, 2.24) is 5.32 Å². The third-order valence-electron chi connectivity index (χ3n) is 2.19. The highest BCUT2D eigenvalue weighted by molar-refractivity contribution is 4.69. The van der Waals surface area contributed by atoms with Gasteiger partial charge in [-0.05, 0) is 18.9 Å². The summed E-state index contributed by atoms with van der Waals surface area (Å²) in [5, 5.41) is 3.48. The lowest BCUT2D eigenvalue weighted by molar-refractivity contribution is 0.0518. The van der Waals surface area contributed by atoms with Gasteiger partial charge in [0.25, 0.3) is 0 Å². The predicted octanol–water partition coefficient (Wildman–Crippen LogP) is 1.67. The predicted molar refractivity (Wildman–Crippen MR) is 59.6 cm³/mol. The zero-order valence-corrected chi connectivity index (χ0v) is 10.0. The van der Waals surface area contributed by atoms with E-state index in [0.29, 0.717) is 25.2 Å². The Balaban J connectivity index is 3.52. The lowest BCUT2D eigenvalue weighted by Crippen LogP contribution is -2.38. The van der Waals surface area contributed by atoms with E-state index in [-0.39, 0.29) is 0 Å². The fraction of sp³-hybridized carbons (Fsp3) is 1.00. The second-order valence-electron chi connectivity index (χ2n) is 3.87. The Morgan fingerprint density at radius 1 is 1.21 bits per heavy atom. The smallest absolute Gasteiger partial charge is 0.0701 e. The van der Waals surface area contributed by atoms with E-state index >= 15 is 0 Å². The molecule has 1 atom stereocenters. The van der Waals surface area contributed by atoms with Crippen LogP contribution in [0.5, 0.6) is 0 Å². The van der Waals surface area contributed by atoms with Gasteiger partial charge in [0.1, 0.15) is 0 Å².